The minimum atomic E-state index is -0.478. The van der Waals surface area contributed by atoms with Gasteiger partial charge in [0.15, 0.2) is 5.76 Å². The fraction of sp³-hybridized carbons (Fsp3) is 0.0625. The smallest absolute Gasteiger partial charge is 0.307 e. The van der Waals surface area contributed by atoms with Crippen LogP contribution in [0.3, 0.4) is 0 Å². The summed E-state index contributed by atoms with van der Waals surface area (Å²) < 4.78 is 5.49. The van der Waals surface area contributed by atoms with E-state index in [4.69, 9.17) is 4.42 Å². The van der Waals surface area contributed by atoms with Crippen LogP contribution in [0.25, 0.3) is 11.0 Å². The summed E-state index contributed by atoms with van der Waals surface area (Å²) in [7, 11) is 0. The molecule has 0 spiro atoms. The number of fused-ring (bicyclic) bond motifs is 1. The SMILES string of the molecule is Cc1c(C(=O)NN=Cc2cccnc2)oc2cccc(O)c12. The Morgan fingerprint density at radius 1 is 1.36 bits per heavy atom. The van der Waals surface area contributed by atoms with Gasteiger partial charge in [0.1, 0.15) is 11.3 Å². The van der Waals surface area contributed by atoms with Crippen LogP contribution in [0, 0.1) is 6.92 Å². The molecule has 22 heavy (non-hydrogen) atoms. The van der Waals surface area contributed by atoms with Crippen molar-refractivity contribution in [3.63, 3.8) is 0 Å². The van der Waals surface area contributed by atoms with Gasteiger partial charge < -0.3 is 9.52 Å². The molecule has 1 amide bonds. The second kappa shape index (κ2) is 5.69. The summed E-state index contributed by atoms with van der Waals surface area (Å²) in [6, 6.07) is 8.48. The zero-order chi connectivity index (χ0) is 15.5. The maximum absolute atomic E-state index is 12.1. The number of hydrogen-bond acceptors (Lipinski definition) is 5. The molecule has 0 bridgehead atoms. The molecule has 3 rings (SSSR count). The zero-order valence-corrected chi connectivity index (χ0v) is 11.8. The van der Waals surface area contributed by atoms with Gasteiger partial charge in [-0.3, -0.25) is 9.78 Å². The van der Waals surface area contributed by atoms with Gasteiger partial charge in [-0.15, -0.1) is 0 Å². The maximum atomic E-state index is 12.1. The fourth-order valence-corrected chi connectivity index (χ4v) is 2.17. The second-order valence-electron chi connectivity index (χ2n) is 4.69. The van der Waals surface area contributed by atoms with Crippen molar-refractivity contribution in [2.45, 2.75) is 6.92 Å². The minimum Gasteiger partial charge on any atom is -0.507 e. The minimum absolute atomic E-state index is 0.0802. The van der Waals surface area contributed by atoms with Crippen LogP contribution < -0.4 is 5.43 Å². The van der Waals surface area contributed by atoms with Gasteiger partial charge in [0.2, 0.25) is 0 Å². The summed E-state index contributed by atoms with van der Waals surface area (Å²) in [5, 5.41) is 14.2. The van der Waals surface area contributed by atoms with E-state index in [2.05, 4.69) is 15.5 Å². The predicted molar refractivity (Wildman–Crippen MR) is 81.9 cm³/mol. The molecular formula is C16H13N3O3. The molecule has 0 unspecified atom stereocenters. The molecule has 0 fully saturated rings. The number of carbonyl (C=O) groups excluding carboxylic acids is 1. The highest BCUT2D eigenvalue weighted by molar-refractivity contribution is 6.00. The van der Waals surface area contributed by atoms with Gasteiger partial charge in [-0.1, -0.05) is 12.1 Å². The monoisotopic (exact) mass is 295 g/mol. The predicted octanol–water partition coefficient (Wildman–Crippen LogP) is 2.61. The second-order valence-corrected chi connectivity index (χ2v) is 4.69. The first-order valence-corrected chi connectivity index (χ1v) is 6.61. The van der Waals surface area contributed by atoms with Gasteiger partial charge >= 0.3 is 5.91 Å². The number of phenols is 1. The topological polar surface area (TPSA) is 87.7 Å². The number of carbonyl (C=O) groups is 1. The number of amides is 1. The van der Waals surface area contributed by atoms with Crippen molar-refractivity contribution in [3.8, 4) is 5.75 Å². The number of hydrazone groups is 1. The van der Waals surface area contributed by atoms with Crippen LogP contribution in [0.2, 0.25) is 0 Å². The van der Waals surface area contributed by atoms with Crippen LogP contribution in [0.1, 0.15) is 21.7 Å². The van der Waals surface area contributed by atoms with Gasteiger partial charge in [0.05, 0.1) is 11.6 Å². The number of rotatable bonds is 3. The number of aryl methyl sites for hydroxylation is 1. The number of nitrogens with zero attached hydrogens (tertiary/aromatic N) is 2. The lowest BCUT2D eigenvalue weighted by molar-refractivity contribution is 0.0929. The summed E-state index contributed by atoms with van der Waals surface area (Å²) in [5.74, 6) is -0.273. The highest BCUT2D eigenvalue weighted by atomic mass is 16.3. The van der Waals surface area contributed by atoms with Crippen LogP contribution in [-0.4, -0.2) is 22.2 Å². The highest BCUT2D eigenvalue weighted by Crippen LogP contribution is 2.32. The molecule has 0 aliphatic heterocycles. The molecule has 0 aliphatic carbocycles. The van der Waals surface area contributed by atoms with E-state index < -0.39 is 5.91 Å². The first kappa shape index (κ1) is 13.8. The quantitative estimate of drug-likeness (QED) is 0.574. The molecule has 110 valence electrons. The molecule has 2 N–H and O–H groups in total. The van der Waals surface area contributed by atoms with E-state index in [1.165, 1.54) is 6.21 Å². The number of aromatic nitrogens is 1. The summed E-state index contributed by atoms with van der Waals surface area (Å²) in [6.45, 7) is 1.71. The Kier molecular flexibility index (Phi) is 3.57. The van der Waals surface area contributed by atoms with E-state index in [9.17, 15) is 9.90 Å². The molecule has 0 radical (unpaired) electrons. The number of nitrogens with one attached hydrogen (secondary N) is 1. The highest BCUT2D eigenvalue weighted by Gasteiger charge is 2.19. The number of aromatic hydroxyl groups is 1. The third-order valence-electron chi connectivity index (χ3n) is 3.20. The summed E-state index contributed by atoms with van der Waals surface area (Å²) in [6.07, 6.45) is 4.76. The van der Waals surface area contributed by atoms with E-state index in [1.54, 1.807) is 43.6 Å². The first-order chi connectivity index (χ1) is 10.7. The molecule has 0 saturated heterocycles. The van der Waals surface area contributed by atoms with Gasteiger partial charge in [-0.25, -0.2) is 5.43 Å². The van der Waals surface area contributed by atoms with Crippen LogP contribution in [0.4, 0.5) is 0 Å². The number of pyridine rings is 1. The van der Waals surface area contributed by atoms with Crippen molar-refractivity contribution < 1.29 is 14.3 Å². The van der Waals surface area contributed by atoms with Gasteiger partial charge in [-0.2, -0.15) is 5.10 Å². The van der Waals surface area contributed by atoms with E-state index in [0.717, 1.165) is 5.56 Å². The van der Waals surface area contributed by atoms with Crippen molar-refractivity contribution >= 4 is 23.1 Å². The molecule has 6 heteroatoms. The largest absolute Gasteiger partial charge is 0.507 e. The Balaban J connectivity index is 1.82. The summed E-state index contributed by atoms with van der Waals surface area (Å²) in [4.78, 5) is 16.1. The summed E-state index contributed by atoms with van der Waals surface area (Å²) in [5.41, 5.74) is 4.19. The van der Waals surface area contributed by atoms with Crippen molar-refractivity contribution in [2.24, 2.45) is 5.10 Å². The molecular weight excluding hydrogens is 282 g/mol. The normalized spacial score (nSPS) is 11.1. The Morgan fingerprint density at radius 2 is 2.23 bits per heavy atom. The van der Waals surface area contributed by atoms with Gasteiger partial charge in [-0.05, 0) is 25.1 Å². The molecule has 0 atom stereocenters. The van der Waals surface area contributed by atoms with E-state index >= 15 is 0 Å². The van der Waals surface area contributed by atoms with Crippen molar-refractivity contribution in [3.05, 3.63) is 59.6 Å². The average molecular weight is 295 g/mol. The molecule has 6 nitrogen and oxygen atoms in total. The van der Waals surface area contributed by atoms with E-state index in [0.29, 0.717) is 16.5 Å². The lowest BCUT2D eigenvalue weighted by Crippen LogP contribution is -2.17. The molecule has 3 aromatic rings. The zero-order valence-electron chi connectivity index (χ0n) is 11.8. The number of phenolic OH excluding ortho intramolecular Hbond substituents is 1. The standard InChI is InChI=1S/C16H13N3O3/c1-10-14-12(20)5-2-6-13(14)22-15(10)16(21)19-18-9-11-4-3-7-17-8-11/h2-9,20H,1H3,(H,19,21). The Hall–Kier alpha value is -3.15. The molecule has 2 heterocycles. The average Bonchev–Trinajstić information content (AvgIpc) is 2.87. The molecule has 0 saturated carbocycles. The maximum Gasteiger partial charge on any atom is 0.307 e. The Bertz CT molecular complexity index is 854. The van der Waals surface area contributed by atoms with E-state index in [-0.39, 0.29) is 11.5 Å². The summed E-state index contributed by atoms with van der Waals surface area (Å²) >= 11 is 0. The lowest BCUT2D eigenvalue weighted by Gasteiger charge is -1.97. The van der Waals surface area contributed by atoms with Crippen molar-refractivity contribution in [2.75, 3.05) is 0 Å². The van der Waals surface area contributed by atoms with Crippen molar-refractivity contribution in [1.82, 2.24) is 10.4 Å². The number of benzene rings is 1. The molecule has 1 aromatic carbocycles. The Labute approximate surface area is 126 Å². The van der Waals surface area contributed by atoms with Crippen LogP contribution in [-0.2, 0) is 0 Å². The van der Waals surface area contributed by atoms with E-state index in [1.807, 2.05) is 6.07 Å². The van der Waals surface area contributed by atoms with Gasteiger partial charge in [0.25, 0.3) is 0 Å². The Morgan fingerprint density at radius 3 is 2.95 bits per heavy atom. The van der Waals surface area contributed by atoms with Gasteiger partial charge in [0, 0.05) is 23.5 Å². The number of furan rings is 1. The molecule has 2 aromatic heterocycles. The van der Waals surface area contributed by atoms with Crippen molar-refractivity contribution in [1.29, 1.82) is 0 Å². The first-order valence-electron chi connectivity index (χ1n) is 6.61. The third-order valence-corrected chi connectivity index (χ3v) is 3.20. The van der Waals surface area contributed by atoms with Crippen LogP contribution in [0.15, 0.2) is 52.2 Å². The van der Waals surface area contributed by atoms with Crippen LogP contribution >= 0.6 is 0 Å². The van der Waals surface area contributed by atoms with Crippen LogP contribution in [0.5, 0.6) is 5.75 Å². The fourth-order valence-electron chi connectivity index (χ4n) is 2.17. The lowest BCUT2D eigenvalue weighted by atomic mass is 10.1. The number of hydrogen-bond donors (Lipinski definition) is 2. The third kappa shape index (κ3) is 2.54. The molecule has 0 aliphatic rings.